The fraction of sp³-hybridized carbons (Fsp3) is 0.231. The minimum absolute atomic E-state index is 0.00862. The Morgan fingerprint density at radius 2 is 1.75 bits per heavy atom. The normalized spacial score (nSPS) is 10.8. The molecule has 0 bridgehead atoms. The predicted molar refractivity (Wildman–Crippen MR) is 124 cm³/mol. The summed E-state index contributed by atoms with van der Waals surface area (Å²) in [6.45, 7) is 5.56. The van der Waals surface area contributed by atoms with Crippen LogP contribution < -0.4 is 9.47 Å². The summed E-state index contributed by atoms with van der Waals surface area (Å²) in [5, 5.41) is 0. The number of pyridine rings is 1. The standard InChI is InChI=1S/C26H27N3O3/c1-4-28(16-20-7-11-23(31-3)12-8-20)26(30)21-9-13-24(14-10-21)32-18-22-17-29-15-5-6-19(2)25(29)27-22/h5-15,17H,4,16,18H2,1-3H3. The summed E-state index contributed by atoms with van der Waals surface area (Å²) in [6, 6.07) is 19.1. The summed E-state index contributed by atoms with van der Waals surface area (Å²) in [6.07, 6.45) is 3.95. The summed E-state index contributed by atoms with van der Waals surface area (Å²) < 4.78 is 13.1. The second-order valence-electron chi connectivity index (χ2n) is 7.63. The van der Waals surface area contributed by atoms with Crippen LogP contribution in [-0.2, 0) is 13.2 Å². The van der Waals surface area contributed by atoms with Gasteiger partial charge in [-0.15, -0.1) is 0 Å². The Hall–Kier alpha value is -3.80. The number of ether oxygens (including phenoxy) is 2. The highest BCUT2D eigenvalue weighted by Crippen LogP contribution is 2.18. The number of benzene rings is 2. The highest BCUT2D eigenvalue weighted by molar-refractivity contribution is 5.94. The van der Waals surface area contributed by atoms with Gasteiger partial charge in [0, 0.05) is 31.0 Å². The van der Waals surface area contributed by atoms with Crippen molar-refractivity contribution in [1.29, 1.82) is 0 Å². The molecule has 0 aliphatic carbocycles. The molecule has 4 aromatic rings. The van der Waals surface area contributed by atoms with Crippen LogP contribution in [0.15, 0.2) is 73.1 Å². The molecule has 0 spiro atoms. The van der Waals surface area contributed by atoms with E-state index < -0.39 is 0 Å². The Labute approximate surface area is 188 Å². The Morgan fingerprint density at radius 3 is 2.41 bits per heavy atom. The second kappa shape index (κ2) is 9.56. The molecule has 1 amide bonds. The zero-order chi connectivity index (χ0) is 22.5. The maximum atomic E-state index is 13.0. The zero-order valence-corrected chi connectivity index (χ0v) is 18.6. The maximum absolute atomic E-state index is 13.0. The minimum atomic E-state index is -0.00862. The molecular weight excluding hydrogens is 402 g/mol. The smallest absolute Gasteiger partial charge is 0.254 e. The number of rotatable bonds is 8. The summed E-state index contributed by atoms with van der Waals surface area (Å²) in [5.41, 5.74) is 4.61. The minimum Gasteiger partial charge on any atom is -0.497 e. The molecule has 0 fully saturated rings. The second-order valence-corrected chi connectivity index (χ2v) is 7.63. The first-order chi connectivity index (χ1) is 15.6. The van der Waals surface area contributed by atoms with Crippen molar-refractivity contribution in [3.05, 3.63) is 95.4 Å². The number of carbonyl (C=O) groups is 1. The number of aryl methyl sites for hydroxylation is 1. The summed E-state index contributed by atoms with van der Waals surface area (Å²) >= 11 is 0. The van der Waals surface area contributed by atoms with Crippen molar-refractivity contribution >= 4 is 11.6 Å². The van der Waals surface area contributed by atoms with Gasteiger partial charge in [0.2, 0.25) is 0 Å². The first-order valence-corrected chi connectivity index (χ1v) is 10.7. The van der Waals surface area contributed by atoms with Gasteiger partial charge in [0.15, 0.2) is 0 Å². The first kappa shape index (κ1) is 21.4. The molecule has 0 saturated heterocycles. The highest BCUT2D eigenvalue weighted by Gasteiger charge is 2.15. The van der Waals surface area contributed by atoms with Crippen LogP contribution in [0.2, 0.25) is 0 Å². The lowest BCUT2D eigenvalue weighted by Crippen LogP contribution is -2.30. The number of nitrogens with zero attached hydrogens (tertiary/aromatic N) is 3. The summed E-state index contributed by atoms with van der Waals surface area (Å²) in [4.78, 5) is 19.4. The molecular formula is C26H27N3O3. The van der Waals surface area contributed by atoms with Gasteiger partial charge in [-0.25, -0.2) is 4.98 Å². The SMILES string of the molecule is CCN(Cc1ccc(OC)cc1)C(=O)c1ccc(OCc2cn3cccc(C)c3n2)cc1. The molecule has 0 radical (unpaired) electrons. The number of imidazole rings is 1. The van der Waals surface area contributed by atoms with E-state index in [1.54, 1.807) is 7.11 Å². The van der Waals surface area contributed by atoms with Crippen LogP contribution in [0, 0.1) is 6.92 Å². The monoisotopic (exact) mass is 429 g/mol. The average molecular weight is 430 g/mol. The molecule has 2 aromatic heterocycles. The van der Waals surface area contributed by atoms with E-state index in [9.17, 15) is 4.79 Å². The van der Waals surface area contributed by atoms with Crippen LogP contribution >= 0.6 is 0 Å². The van der Waals surface area contributed by atoms with Crippen molar-refractivity contribution in [3.63, 3.8) is 0 Å². The molecule has 0 saturated carbocycles. The van der Waals surface area contributed by atoms with Crippen molar-refractivity contribution in [3.8, 4) is 11.5 Å². The number of carbonyl (C=O) groups excluding carboxylic acids is 1. The third-order valence-electron chi connectivity index (χ3n) is 5.42. The van der Waals surface area contributed by atoms with Gasteiger partial charge >= 0.3 is 0 Å². The summed E-state index contributed by atoms with van der Waals surface area (Å²) in [7, 11) is 1.64. The number of fused-ring (bicyclic) bond motifs is 1. The lowest BCUT2D eigenvalue weighted by Gasteiger charge is -2.21. The van der Waals surface area contributed by atoms with Crippen LogP contribution in [0.25, 0.3) is 5.65 Å². The molecule has 4 rings (SSSR count). The van der Waals surface area contributed by atoms with Crippen molar-refractivity contribution in [2.24, 2.45) is 0 Å². The number of hydrogen-bond donors (Lipinski definition) is 0. The molecule has 6 nitrogen and oxygen atoms in total. The molecule has 0 unspecified atom stereocenters. The first-order valence-electron chi connectivity index (χ1n) is 10.7. The van der Waals surface area contributed by atoms with Gasteiger partial charge in [-0.2, -0.15) is 0 Å². The van der Waals surface area contributed by atoms with E-state index in [0.29, 0.717) is 31.0 Å². The van der Waals surface area contributed by atoms with Gasteiger partial charge in [0.05, 0.1) is 12.8 Å². The van der Waals surface area contributed by atoms with E-state index in [0.717, 1.165) is 28.2 Å². The molecule has 0 aliphatic rings. The zero-order valence-electron chi connectivity index (χ0n) is 18.6. The van der Waals surface area contributed by atoms with E-state index >= 15 is 0 Å². The van der Waals surface area contributed by atoms with Crippen molar-refractivity contribution in [2.75, 3.05) is 13.7 Å². The predicted octanol–water partition coefficient (Wildman–Crippen LogP) is 4.89. The van der Waals surface area contributed by atoms with E-state index in [4.69, 9.17) is 9.47 Å². The van der Waals surface area contributed by atoms with Crippen molar-refractivity contribution < 1.29 is 14.3 Å². The topological polar surface area (TPSA) is 56.1 Å². The third-order valence-corrected chi connectivity index (χ3v) is 5.42. The van der Waals surface area contributed by atoms with Gasteiger partial charge in [-0.1, -0.05) is 18.2 Å². The van der Waals surface area contributed by atoms with Crippen molar-refractivity contribution in [2.45, 2.75) is 27.0 Å². The van der Waals surface area contributed by atoms with E-state index in [1.165, 1.54) is 0 Å². The number of amides is 1. The fourth-order valence-electron chi connectivity index (χ4n) is 3.59. The Balaban J connectivity index is 1.38. The van der Waals surface area contributed by atoms with E-state index in [1.807, 2.05) is 96.2 Å². The van der Waals surface area contributed by atoms with Gasteiger partial charge in [-0.3, -0.25) is 4.79 Å². The average Bonchev–Trinajstić information content (AvgIpc) is 3.26. The van der Waals surface area contributed by atoms with Gasteiger partial charge in [-0.05, 0) is 67.4 Å². The maximum Gasteiger partial charge on any atom is 0.254 e. The van der Waals surface area contributed by atoms with Gasteiger partial charge in [0.1, 0.15) is 23.8 Å². The molecule has 0 atom stereocenters. The molecule has 6 heteroatoms. The Morgan fingerprint density at radius 1 is 1.03 bits per heavy atom. The summed E-state index contributed by atoms with van der Waals surface area (Å²) in [5.74, 6) is 1.50. The highest BCUT2D eigenvalue weighted by atomic mass is 16.5. The van der Waals surface area contributed by atoms with Crippen LogP contribution in [0.4, 0.5) is 0 Å². The van der Waals surface area contributed by atoms with Gasteiger partial charge < -0.3 is 18.8 Å². The van der Waals surface area contributed by atoms with E-state index in [-0.39, 0.29) is 5.91 Å². The van der Waals surface area contributed by atoms with E-state index in [2.05, 4.69) is 4.98 Å². The molecule has 2 aromatic carbocycles. The molecule has 164 valence electrons. The van der Waals surface area contributed by atoms with Crippen LogP contribution in [0.1, 0.15) is 34.1 Å². The quantitative estimate of drug-likeness (QED) is 0.400. The molecule has 0 N–H and O–H groups in total. The molecule has 0 aliphatic heterocycles. The van der Waals surface area contributed by atoms with Crippen LogP contribution in [0.5, 0.6) is 11.5 Å². The van der Waals surface area contributed by atoms with Gasteiger partial charge in [0.25, 0.3) is 5.91 Å². The Bertz CT molecular complexity index is 1200. The number of methoxy groups -OCH3 is 1. The fourth-order valence-corrected chi connectivity index (χ4v) is 3.59. The largest absolute Gasteiger partial charge is 0.497 e. The van der Waals surface area contributed by atoms with Crippen LogP contribution in [-0.4, -0.2) is 33.8 Å². The number of aromatic nitrogens is 2. The third kappa shape index (κ3) is 4.75. The lowest BCUT2D eigenvalue weighted by atomic mass is 10.1. The Kier molecular flexibility index (Phi) is 6.40. The van der Waals surface area contributed by atoms with Crippen LogP contribution in [0.3, 0.4) is 0 Å². The molecule has 2 heterocycles. The van der Waals surface area contributed by atoms with Crippen molar-refractivity contribution in [1.82, 2.24) is 14.3 Å². The lowest BCUT2D eigenvalue weighted by molar-refractivity contribution is 0.0752. The number of hydrogen-bond acceptors (Lipinski definition) is 4. The molecule has 32 heavy (non-hydrogen) atoms.